The summed E-state index contributed by atoms with van der Waals surface area (Å²) in [6.07, 6.45) is 2.72. The second kappa shape index (κ2) is 9.92. The number of hydrogen-bond acceptors (Lipinski definition) is 6. The molecule has 3 amide bonds. The van der Waals surface area contributed by atoms with E-state index in [0.717, 1.165) is 12.8 Å². The highest BCUT2D eigenvalue weighted by Gasteiger charge is 2.65. The molecule has 1 heterocycles. The lowest BCUT2D eigenvalue weighted by Crippen LogP contribution is -2.56. The van der Waals surface area contributed by atoms with Crippen LogP contribution < -0.4 is 16.4 Å². The first-order chi connectivity index (χ1) is 16.0. The Morgan fingerprint density at radius 1 is 1.14 bits per heavy atom. The number of hydrogen-bond donors (Lipinski definition) is 3. The molecule has 3 aliphatic rings. The molecule has 0 spiro atoms. The van der Waals surface area contributed by atoms with Gasteiger partial charge in [-0.1, -0.05) is 27.7 Å². The number of nitrogens with one attached hydrogen (secondary N) is 2. The van der Waals surface area contributed by atoms with E-state index < -0.39 is 48.2 Å². The quantitative estimate of drug-likeness (QED) is 0.446. The van der Waals surface area contributed by atoms with Gasteiger partial charge >= 0.3 is 13.2 Å². The minimum Gasteiger partial charge on any atom is -0.444 e. The van der Waals surface area contributed by atoms with E-state index in [-0.39, 0.29) is 23.9 Å². The molecule has 6 atom stereocenters. The Bertz CT molecular complexity index is 829. The number of alkyl carbamates (subject to hydrolysis) is 1. The van der Waals surface area contributed by atoms with E-state index in [1.54, 1.807) is 20.8 Å². The largest absolute Gasteiger partial charge is 0.481 e. The lowest BCUT2D eigenvalue weighted by Gasteiger charge is -2.50. The standard InChI is InChI=1S/C25H44BN3O6/c1-14(2)11-19(29-21(31)16(13-20(27)30)28-22(32)33-23(3,4)5)26-34-18-12-15-9-10-17(24(15,6)7)25(18,8)35-26/h14-19H,9-13H2,1-8H3,(H2,27,30)(H,28,32)(H,29,31)/t15?,16-,17?,18+,19?,25-/m0/s1. The van der Waals surface area contributed by atoms with Crippen LogP contribution in [0.3, 0.4) is 0 Å². The van der Waals surface area contributed by atoms with Gasteiger partial charge in [-0.2, -0.15) is 0 Å². The van der Waals surface area contributed by atoms with Crippen LogP contribution in [0.2, 0.25) is 0 Å². The van der Waals surface area contributed by atoms with Crippen LogP contribution in [0.15, 0.2) is 0 Å². The lowest BCUT2D eigenvalue weighted by atomic mass is 9.60. The number of fused-ring (bicyclic) bond motifs is 4. The fraction of sp³-hybridized carbons (Fsp3) is 0.880. The van der Waals surface area contributed by atoms with Crippen molar-refractivity contribution in [1.82, 2.24) is 10.6 Å². The van der Waals surface area contributed by atoms with E-state index >= 15 is 0 Å². The summed E-state index contributed by atoms with van der Waals surface area (Å²) >= 11 is 0. The van der Waals surface area contributed by atoms with Crippen LogP contribution in [0.1, 0.15) is 87.5 Å². The van der Waals surface area contributed by atoms with Crippen molar-refractivity contribution in [3.8, 4) is 0 Å². The Kier molecular flexibility index (Phi) is 7.87. The highest BCUT2D eigenvalue weighted by Crippen LogP contribution is 2.62. The Hall–Kier alpha value is -1.81. The van der Waals surface area contributed by atoms with E-state index in [1.807, 2.05) is 0 Å². The highest BCUT2D eigenvalue weighted by molar-refractivity contribution is 6.47. The van der Waals surface area contributed by atoms with Crippen LogP contribution in [0, 0.1) is 23.2 Å². The third-order valence-corrected chi connectivity index (χ3v) is 8.05. The number of nitrogens with two attached hydrogens (primary N) is 1. The number of carbonyl (C=O) groups is 3. The molecule has 9 nitrogen and oxygen atoms in total. The molecule has 198 valence electrons. The van der Waals surface area contributed by atoms with Crippen molar-refractivity contribution < 1.29 is 28.4 Å². The zero-order valence-electron chi connectivity index (χ0n) is 22.6. The Morgan fingerprint density at radius 2 is 1.80 bits per heavy atom. The summed E-state index contributed by atoms with van der Waals surface area (Å²) in [6.45, 7) is 16.1. The SMILES string of the molecule is CC(C)CC(NC(=O)[C@H](CC(N)=O)NC(=O)OC(C)(C)C)B1O[C@@H]2CC3CCC(C3(C)C)[C@]2(C)O1. The number of amides is 3. The highest BCUT2D eigenvalue weighted by atomic mass is 16.7. The van der Waals surface area contributed by atoms with Crippen LogP contribution in [0.5, 0.6) is 0 Å². The molecule has 0 aromatic rings. The monoisotopic (exact) mass is 493 g/mol. The summed E-state index contributed by atoms with van der Waals surface area (Å²) in [5.41, 5.74) is 4.39. The van der Waals surface area contributed by atoms with Gasteiger partial charge in [-0.25, -0.2) is 4.79 Å². The van der Waals surface area contributed by atoms with E-state index in [1.165, 1.54) is 6.42 Å². The van der Waals surface area contributed by atoms with Gasteiger partial charge in [0.1, 0.15) is 11.6 Å². The topological polar surface area (TPSA) is 129 Å². The molecule has 3 rings (SSSR count). The molecule has 3 fully saturated rings. The average molecular weight is 493 g/mol. The van der Waals surface area contributed by atoms with Crippen LogP contribution in [-0.4, -0.2) is 54.3 Å². The molecule has 35 heavy (non-hydrogen) atoms. The van der Waals surface area contributed by atoms with Crippen LogP contribution in [0.25, 0.3) is 0 Å². The molecule has 0 aromatic carbocycles. The third kappa shape index (κ3) is 6.13. The summed E-state index contributed by atoms with van der Waals surface area (Å²) in [5.74, 6) is -0.424. The van der Waals surface area contributed by atoms with Crippen LogP contribution in [0.4, 0.5) is 4.79 Å². The van der Waals surface area contributed by atoms with Gasteiger partial charge in [-0.15, -0.1) is 0 Å². The van der Waals surface area contributed by atoms with Crippen molar-refractivity contribution in [2.75, 3.05) is 0 Å². The first-order valence-corrected chi connectivity index (χ1v) is 12.9. The number of primary amides is 1. The first kappa shape index (κ1) is 27.8. The summed E-state index contributed by atoms with van der Waals surface area (Å²) in [5, 5.41) is 5.48. The predicted molar refractivity (Wildman–Crippen MR) is 133 cm³/mol. The van der Waals surface area contributed by atoms with E-state index in [9.17, 15) is 14.4 Å². The predicted octanol–water partition coefficient (Wildman–Crippen LogP) is 2.94. The average Bonchev–Trinajstić information content (AvgIpc) is 3.11. The van der Waals surface area contributed by atoms with Crippen molar-refractivity contribution in [2.45, 2.75) is 117 Å². The van der Waals surface area contributed by atoms with Crippen molar-refractivity contribution in [3.05, 3.63) is 0 Å². The first-order valence-electron chi connectivity index (χ1n) is 12.9. The van der Waals surface area contributed by atoms with Crippen molar-refractivity contribution in [3.63, 3.8) is 0 Å². The molecule has 4 N–H and O–H groups in total. The summed E-state index contributed by atoms with van der Waals surface area (Å²) in [6, 6.07) is -1.16. The summed E-state index contributed by atoms with van der Waals surface area (Å²) < 4.78 is 18.4. The lowest BCUT2D eigenvalue weighted by molar-refractivity contribution is -0.127. The second-order valence-corrected chi connectivity index (χ2v) is 12.8. The zero-order valence-corrected chi connectivity index (χ0v) is 22.6. The minimum absolute atomic E-state index is 0.0223. The van der Waals surface area contributed by atoms with Crippen LogP contribution in [-0.2, 0) is 23.6 Å². The van der Waals surface area contributed by atoms with Gasteiger partial charge in [-0.3, -0.25) is 9.59 Å². The molecule has 10 heteroatoms. The molecular weight excluding hydrogens is 449 g/mol. The van der Waals surface area contributed by atoms with Gasteiger partial charge in [0.25, 0.3) is 0 Å². The van der Waals surface area contributed by atoms with E-state index in [4.69, 9.17) is 19.8 Å². The number of carbonyl (C=O) groups excluding carboxylic acids is 3. The van der Waals surface area contributed by atoms with Crippen molar-refractivity contribution in [2.24, 2.45) is 28.9 Å². The maximum absolute atomic E-state index is 13.3. The van der Waals surface area contributed by atoms with Crippen molar-refractivity contribution in [1.29, 1.82) is 0 Å². The van der Waals surface area contributed by atoms with Gasteiger partial charge in [0.15, 0.2) is 0 Å². The molecular formula is C25H44BN3O6. The maximum Gasteiger partial charge on any atom is 0.481 e. The molecule has 0 aromatic heterocycles. The molecule has 1 aliphatic heterocycles. The molecule has 1 saturated heterocycles. The van der Waals surface area contributed by atoms with Gasteiger partial charge in [0.05, 0.1) is 24.1 Å². The normalized spacial score (nSPS) is 31.0. The fourth-order valence-corrected chi connectivity index (χ4v) is 6.42. The molecule has 2 aliphatic carbocycles. The number of ether oxygens (including phenoxy) is 1. The van der Waals surface area contributed by atoms with Gasteiger partial charge in [-0.05, 0) is 76.5 Å². The minimum atomic E-state index is -1.16. The summed E-state index contributed by atoms with van der Waals surface area (Å²) in [7, 11) is -0.609. The Morgan fingerprint density at radius 3 is 2.37 bits per heavy atom. The van der Waals surface area contributed by atoms with E-state index in [2.05, 4.69) is 45.3 Å². The third-order valence-electron chi connectivity index (χ3n) is 8.05. The van der Waals surface area contributed by atoms with Gasteiger partial charge in [0.2, 0.25) is 11.8 Å². The number of rotatable bonds is 8. The molecule has 3 unspecified atom stereocenters. The van der Waals surface area contributed by atoms with Gasteiger partial charge < -0.3 is 30.4 Å². The van der Waals surface area contributed by atoms with Gasteiger partial charge in [0, 0.05) is 0 Å². The fourth-order valence-electron chi connectivity index (χ4n) is 6.42. The zero-order chi connectivity index (χ0) is 26.3. The Labute approximate surface area is 210 Å². The van der Waals surface area contributed by atoms with Crippen LogP contribution >= 0.6 is 0 Å². The smallest absolute Gasteiger partial charge is 0.444 e. The summed E-state index contributed by atoms with van der Waals surface area (Å²) in [4.78, 5) is 37.2. The molecule has 0 radical (unpaired) electrons. The molecule has 2 bridgehead atoms. The second-order valence-electron chi connectivity index (χ2n) is 12.8. The van der Waals surface area contributed by atoms with E-state index in [0.29, 0.717) is 18.3 Å². The maximum atomic E-state index is 13.3. The Balaban J connectivity index is 1.75. The molecule has 2 saturated carbocycles. The van der Waals surface area contributed by atoms with Crippen molar-refractivity contribution >= 4 is 25.0 Å².